The Kier molecular flexibility index (Phi) is 3.50. The Labute approximate surface area is 209 Å². The summed E-state index contributed by atoms with van der Waals surface area (Å²) in [6.07, 6.45) is 0. The maximum absolute atomic E-state index is 6.62. The minimum absolute atomic E-state index is 0.554. The van der Waals surface area contributed by atoms with Crippen LogP contribution in [0.1, 0.15) is 0 Å². The van der Waals surface area contributed by atoms with Crippen LogP contribution in [0.15, 0.2) is 118 Å². The van der Waals surface area contributed by atoms with Gasteiger partial charge in [0.05, 0.1) is 16.4 Å². The molecule has 0 N–H and O–H groups in total. The van der Waals surface area contributed by atoms with Gasteiger partial charge >= 0.3 is 6.01 Å². The lowest BCUT2D eigenvalue weighted by atomic mass is 10.0. The third kappa shape index (κ3) is 2.54. The monoisotopic (exact) mass is 474 g/mol. The van der Waals surface area contributed by atoms with E-state index in [1.807, 2.05) is 30.3 Å². The van der Waals surface area contributed by atoms with Crippen molar-refractivity contribution in [3.05, 3.63) is 109 Å². The number of hydrogen-bond donors (Lipinski definition) is 0. The van der Waals surface area contributed by atoms with Crippen molar-refractivity contribution in [3.63, 3.8) is 0 Å². The van der Waals surface area contributed by atoms with E-state index in [4.69, 9.17) is 13.8 Å². The van der Waals surface area contributed by atoms with E-state index in [2.05, 4.69) is 83.4 Å². The fourth-order valence-corrected chi connectivity index (χ4v) is 5.87. The van der Waals surface area contributed by atoms with Crippen LogP contribution in [0.5, 0.6) is 0 Å². The predicted molar refractivity (Wildman–Crippen MR) is 151 cm³/mol. The van der Waals surface area contributed by atoms with E-state index in [1.165, 1.54) is 32.3 Å². The normalized spacial score (nSPS) is 12.3. The van der Waals surface area contributed by atoms with Crippen molar-refractivity contribution in [3.8, 4) is 6.01 Å². The lowest BCUT2D eigenvalue weighted by Gasteiger charge is -2.04. The number of rotatable bonds is 1. The zero-order valence-corrected chi connectivity index (χ0v) is 19.6. The molecule has 0 radical (unpaired) electrons. The molecule has 6 aromatic carbocycles. The van der Waals surface area contributed by atoms with Gasteiger partial charge in [-0.05, 0) is 64.0 Å². The summed E-state index contributed by atoms with van der Waals surface area (Å²) < 4.78 is 14.9. The molecule has 9 aromatic rings. The third-order valence-corrected chi connectivity index (χ3v) is 7.58. The third-order valence-electron chi connectivity index (χ3n) is 7.58. The molecule has 0 aliphatic rings. The molecule has 4 heteroatoms. The van der Waals surface area contributed by atoms with Crippen molar-refractivity contribution >= 4 is 76.4 Å². The van der Waals surface area contributed by atoms with Crippen LogP contribution in [0.2, 0.25) is 0 Å². The Bertz CT molecular complexity index is 2280. The summed E-state index contributed by atoms with van der Waals surface area (Å²) in [7, 11) is 0. The van der Waals surface area contributed by atoms with E-state index in [0.29, 0.717) is 6.01 Å². The maximum atomic E-state index is 6.62. The number of benzene rings is 6. The molecule has 37 heavy (non-hydrogen) atoms. The standard InChI is InChI=1S/C33H18N2O2/c1-3-9-21-17-27-24(15-19(21)7-1)25-16-20-8-2-4-10-22(20)18-28(25)35(27)33-34-26-13-14-30-31(32(26)37-33)23-11-5-6-12-29(23)36-30/h1-18H. The second kappa shape index (κ2) is 6.77. The summed E-state index contributed by atoms with van der Waals surface area (Å²) >= 11 is 0. The van der Waals surface area contributed by atoms with Crippen LogP contribution in [-0.2, 0) is 0 Å². The summed E-state index contributed by atoms with van der Waals surface area (Å²) in [5.74, 6) is 0. The molecule has 0 spiro atoms. The van der Waals surface area contributed by atoms with Gasteiger partial charge in [-0.25, -0.2) is 0 Å². The Morgan fingerprint density at radius 2 is 1.11 bits per heavy atom. The first-order valence-corrected chi connectivity index (χ1v) is 12.4. The van der Waals surface area contributed by atoms with Crippen molar-refractivity contribution < 1.29 is 8.83 Å². The molecule has 0 amide bonds. The van der Waals surface area contributed by atoms with Crippen molar-refractivity contribution in [2.24, 2.45) is 0 Å². The Hall–Kier alpha value is -5.09. The molecule has 0 aliphatic heterocycles. The van der Waals surface area contributed by atoms with Gasteiger partial charge in [-0.15, -0.1) is 0 Å². The first-order valence-electron chi connectivity index (χ1n) is 12.4. The summed E-state index contributed by atoms with van der Waals surface area (Å²) in [6.45, 7) is 0. The second-order valence-electron chi connectivity index (χ2n) is 9.65. The number of nitrogens with zero attached hydrogens (tertiary/aromatic N) is 2. The van der Waals surface area contributed by atoms with Gasteiger partial charge in [-0.3, -0.25) is 4.57 Å². The lowest BCUT2D eigenvalue weighted by Crippen LogP contribution is -1.94. The molecule has 9 rings (SSSR count). The van der Waals surface area contributed by atoms with Gasteiger partial charge in [-0.2, -0.15) is 4.98 Å². The Balaban J connectivity index is 1.45. The highest BCUT2D eigenvalue weighted by Gasteiger charge is 2.20. The van der Waals surface area contributed by atoms with E-state index >= 15 is 0 Å². The SMILES string of the molecule is c1ccc2cc3c(cc2c1)c1cc2ccccc2cc1n3-c1nc2ccc3oc4ccccc4c3c2o1. The van der Waals surface area contributed by atoms with E-state index < -0.39 is 0 Å². The van der Waals surface area contributed by atoms with Gasteiger partial charge in [0.1, 0.15) is 16.7 Å². The van der Waals surface area contributed by atoms with Gasteiger partial charge in [0.25, 0.3) is 0 Å². The fourth-order valence-electron chi connectivity index (χ4n) is 5.87. The minimum Gasteiger partial charge on any atom is -0.456 e. The van der Waals surface area contributed by atoms with Gasteiger partial charge in [-0.1, -0.05) is 66.7 Å². The smallest absolute Gasteiger partial charge is 0.307 e. The van der Waals surface area contributed by atoms with E-state index in [0.717, 1.165) is 44.1 Å². The second-order valence-corrected chi connectivity index (χ2v) is 9.65. The highest BCUT2D eigenvalue weighted by Crippen LogP contribution is 2.39. The van der Waals surface area contributed by atoms with Crippen molar-refractivity contribution in [2.75, 3.05) is 0 Å². The largest absolute Gasteiger partial charge is 0.456 e. The van der Waals surface area contributed by atoms with Crippen LogP contribution >= 0.6 is 0 Å². The number of furan rings is 1. The van der Waals surface area contributed by atoms with Gasteiger partial charge in [0.15, 0.2) is 5.58 Å². The number of aromatic nitrogens is 2. The Morgan fingerprint density at radius 3 is 1.78 bits per heavy atom. The highest BCUT2D eigenvalue weighted by molar-refractivity contribution is 6.18. The molecule has 4 nitrogen and oxygen atoms in total. The molecular formula is C33H18N2O2. The van der Waals surface area contributed by atoms with Crippen LogP contribution in [0.25, 0.3) is 82.4 Å². The molecule has 0 atom stereocenters. The average molecular weight is 475 g/mol. The topological polar surface area (TPSA) is 44.1 Å². The summed E-state index contributed by atoms with van der Waals surface area (Å²) in [5.41, 5.74) is 5.35. The van der Waals surface area contributed by atoms with Crippen LogP contribution in [0.3, 0.4) is 0 Å². The van der Waals surface area contributed by atoms with Crippen LogP contribution in [-0.4, -0.2) is 9.55 Å². The molecule has 0 saturated carbocycles. The van der Waals surface area contributed by atoms with Crippen LogP contribution in [0.4, 0.5) is 0 Å². The number of hydrogen-bond acceptors (Lipinski definition) is 3. The van der Waals surface area contributed by atoms with Crippen molar-refractivity contribution in [2.45, 2.75) is 0 Å². The molecule has 3 heterocycles. The van der Waals surface area contributed by atoms with Gasteiger partial charge in [0, 0.05) is 16.2 Å². The van der Waals surface area contributed by atoms with Gasteiger partial charge in [0.2, 0.25) is 0 Å². The van der Waals surface area contributed by atoms with E-state index in [-0.39, 0.29) is 0 Å². The molecular weight excluding hydrogens is 456 g/mol. The first-order chi connectivity index (χ1) is 18.3. The zero-order valence-electron chi connectivity index (χ0n) is 19.6. The summed E-state index contributed by atoms with van der Waals surface area (Å²) in [5, 5.41) is 9.15. The molecule has 0 fully saturated rings. The first kappa shape index (κ1) is 19.1. The lowest BCUT2D eigenvalue weighted by molar-refractivity contribution is 0.577. The molecule has 3 aromatic heterocycles. The Morgan fingerprint density at radius 1 is 0.514 bits per heavy atom. The number of para-hydroxylation sites is 1. The average Bonchev–Trinajstić information content (AvgIpc) is 3.61. The molecule has 0 aliphatic carbocycles. The predicted octanol–water partition coefficient (Wildman–Crippen LogP) is 9.13. The molecule has 0 unspecified atom stereocenters. The summed E-state index contributed by atoms with van der Waals surface area (Å²) in [4.78, 5) is 5.01. The van der Waals surface area contributed by atoms with Crippen LogP contribution in [0, 0.1) is 0 Å². The highest BCUT2D eigenvalue weighted by atomic mass is 16.4. The quantitative estimate of drug-likeness (QED) is 0.238. The molecule has 0 bridgehead atoms. The molecule has 0 saturated heterocycles. The number of oxazole rings is 1. The van der Waals surface area contributed by atoms with E-state index in [1.54, 1.807) is 0 Å². The molecule has 172 valence electrons. The zero-order chi connectivity index (χ0) is 24.1. The minimum atomic E-state index is 0.554. The fraction of sp³-hybridized carbons (Fsp3) is 0. The summed E-state index contributed by atoms with van der Waals surface area (Å²) in [6, 6.07) is 38.6. The van der Waals surface area contributed by atoms with Gasteiger partial charge < -0.3 is 8.83 Å². The van der Waals surface area contributed by atoms with Crippen molar-refractivity contribution in [1.29, 1.82) is 0 Å². The van der Waals surface area contributed by atoms with E-state index in [9.17, 15) is 0 Å². The maximum Gasteiger partial charge on any atom is 0.307 e. The number of fused-ring (bicyclic) bond motifs is 10. The van der Waals surface area contributed by atoms with Crippen LogP contribution < -0.4 is 0 Å². The van der Waals surface area contributed by atoms with Crippen molar-refractivity contribution in [1.82, 2.24) is 9.55 Å².